The summed E-state index contributed by atoms with van der Waals surface area (Å²) < 4.78 is 40.6. The van der Waals surface area contributed by atoms with Crippen molar-refractivity contribution in [3.05, 3.63) is 18.1 Å². The maximum Gasteiger partial charge on any atom is 0.405 e. The van der Waals surface area contributed by atoms with Crippen LogP contribution in [0.2, 0.25) is 0 Å². The average molecular weight is 235 g/mol. The van der Waals surface area contributed by atoms with Crippen molar-refractivity contribution in [1.82, 2.24) is 9.97 Å². The van der Waals surface area contributed by atoms with E-state index in [0.717, 1.165) is 0 Å². The van der Waals surface area contributed by atoms with Crippen LogP contribution in [0.25, 0.3) is 0 Å². The van der Waals surface area contributed by atoms with Crippen molar-refractivity contribution in [3.8, 4) is 0 Å². The van der Waals surface area contributed by atoms with Gasteiger partial charge in [0.15, 0.2) is 0 Å². The summed E-state index contributed by atoms with van der Waals surface area (Å²) in [7, 11) is 1.55. The van der Waals surface area contributed by atoms with Crippen LogP contribution in [0.15, 0.2) is 12.4 Å². The van der Waals surface area contributed by atoms with Crippen molar-refractivity contribution in [2.24, 2.45) is 0 Å². The predicted molar refractivity (Wildman–Crippen MR) is 52.2 cm³/mol. The highest BCUT2D eigenvalue weighted by Crippen LogP contribution is 2.15. The van der Waals surface area contributed by atoms with Crippen LogP contribution in [0, 0.1) is 0 Å². The van der Waals surface area contributed by atoms with E-state index in [1.54, 1.807) is 7.11 Å². The Kier molecular flexibility index (Phi) is 4.48. The molecule has 0 aliphatic rings. The number of methoxy groups -OCH3 is 1. The Morgan fingerprint density at radius 3 is 2.75 bits per heavy atom. The van der Waals surface area contributed by atoms with Gasteiger partial charge in [-0.25, -0.2) is 9.97 Å². The van der Waals surface area contributed by atoms with E-state index >= 15 is 0 Å². The summed E-state index contributed by atoms with van der Waals surface area (Å²) in [4.78, 5) is 7.60. The first-order chi connectivity index (χ1) is 7.51. The fourth-order valence-electron chi connectivity index (χ4n) is 1.03. The number of ether oxygens (including phenoxy) is 1. The molecule has 0 fully saturated rings. The Morgan fingerprint density at radius 1 is 1.38 bits per heavy atom. The van der Waals surface area contributed by atoms with Gasteiger partial charge in [0.05, 0.1) is 6.61 Å². The van der Waals surface area contributed by atoms with Crippen molar-refractivity contribution >= 4 is 5.82 Å². The average Bonchev–Trinajstić information content (AvgIpc) is 2.23. The minimum Gasteiger partial charge on any atom is -0.384 e. The Balaban J connectivity index is 2.53. The number of nitrogens with zero attached hydrogens (tertiary/aromatic N) is 2. The minimum absolute atomic E-state index is 0.165. The van der Waals surface area contributed by atoms with Crippen LogP contribution in [-0.4, -0.2) is 36.4 Å². The number of hydrogen-bond donors (Lipinski definition) is 1. The maximum atomic E-state index is 11.9. The molecular weight excluding hydrogens is 223 g/mol. The molecule has 90 valence electrons. The highest BCUT2D eigenvalue weighted by Gasteiger charge is 2.26. The number of anilines is 1. The van der Waals surface area contributed by atoms with Gasteiger partial charge in [-0.05, 0) is 0 Å². The van der Waals surface area contributed by atoms with Gasteiger partial charge >= 0.3 is 6.18 Å². The van der Waals surface area contributed by atoms with Gasteiger partial charge in [0.25, 0.3) is 0 Å². The SMILES string of the molecule is COCCc1cc(NCC(F)(F)F)ncn1. The quantitative estimate of drug-likeness (QED) is 0.842. The number of halogens is 3. The normalized spacial score (nSPS) is 11.5. The van der Waals surface area contributed by atoms with Gasteiger partial charge in [0, 0.05) is 25.3 Å². The van der Waals surface area contributed by atoms with E-state index in [0.29, 0.717) is 18.7 Å². The number of alkyl halides is 3. The lowest BCUT2D eigenvalue weighted by Crippen LogP contribution is -2.21. The highest BCUT2D eigenvalue weighted by atomic mass is 19.4. The zero-order chi connectivity index (χ0) is 12.0. The molecule has 0 bridgehead atoms. The largest absolute Gasteiger partial charge is 0.405 e. The summed E-state index contributed by atoms with van der Waals surface area (Å²) >= 11 is 0. The van der Waals surface area contributed by atoms with E-state index in [-0.39, 0.29) is 5.82 Å². The van der Waals surface area contributed by atoms with Crippen molar-refractivity contribution in [2.45, 2.75) is 12.6 Å². The Morgan fingerprint density at radius 2 is 2.12 bits per heavy atom. The number of rotatable bonds is 5. The van der Waals surface area contributed by atoms with Gasteiger partial charge in [-0.15, -0.1) is 0 Å². The molecule has 7 heteroatoms. The first kappa shape index (κ1) is 12.7. The summed E-state index contributed by atoms with van der Waals surface area (Å²) in [6, 6.07) is 1.48. The van der Waals surface area contributed by atoms with E-state index in [4.69, 9.17) is 4.74 Å². The van der Waals surface area contributed by atoms with Gasteiger partial charge in [-0.2, -0.15) is 13.2 Å². The van der Waals surface area contributed by atoms with Crippen molar-refractivity contribution in [1.29, 1.82) is 0 Å². The van der Waals surface area contributed by atoms with E-state index in [9.17, 15) is 13.2 Å². The molecule has 1 aromatic heterocycles. The smallest absolute Gasteiger partial charge is 0.384 e. The van der Waals surface area contributed by atoms with Crippen LogP contribution in [-0.2, 0) is 11.2 Å². The Hall–Kier alpha value is -1.37. The van der Waals surface area contributed by atoms with E-state index in [1.807, 2.05) is 0 Å². The second-order valence-corrected chi connectivity index (χ2v) is 3.11. The van der Waals surface area contributed by atoms with Crippen molar-refractivity contribution < 1.29 is 17.9 Å². The third kappa shape index (κ3) is 4.92. The Bertz CT molecular complexity index is 330. The second-order valence-electron chi connectivity index (χ2n) is 3.11. The molecule has 0 amide bonds. The second kappa shape index (κ2) is 5.64. The van der Waals surface area contributed by atoms with E-state index in [2.05, 4.69) is 15.3 Å². The van der Waals surface area contributed by atoms with Gasteiger partial charge in [-0.3, -0.25) is 0 Å². The Labute approximate surface area is 90.9 Å². The zero-order valence-corrected chi connectivity index (χ0v) is 8.71. The lowest BCUT2D eigenvalue weighted by Gasteiger charge is -2.09. The van der Waals surface area contributed by atoms with Crippen LogP contribution in [0.1, 0.15) is 5.69 Å². The summed E-state index contributed by atoms with van der Waals surface area (Å²) in [5.74, 6) is 0.165. The van der Waals surface area contributed by atoms with Gasteiger partial charge in [0.1, 0.15) is 18.7 Å². The number of hydrogen-bond acceptors (Lipinski definition) is 4. The van der Waals surface area contributed by atoms with E-state index in [1.165, 1.54) is 12.4 Å². The topological polar surface area (TPSA) is 47.0 Å². The fourth-order valence-corrected chi connectivity index (χ4v) is 1.03. The molecule has 1 N–H and O–H groups in total. The van der Waals surface area contributed by atoms with E-state index < -0.39 is 12.7 Å². The molecule has 0 aliphatic carbocycles. The molecule has 0 spiro atoms. The van der Waals surface area contributed by atoms with Crippen LogP contribution < -0.4 is 5.32 Å². The summed E-state index contributed by atoms with van der Waals surface area (Å²) in [5.41, 5.74) is 0.640. The highest BCUT2D eigenvalue weighted by molar-refractivity contribution is 5.34. The fraction of sp³-hybridized carbons (Fsp3) is 0.556. The monoisotopic (exact) mass is 235 g/mol. The van der Waals surface area contributed by atoms with Crippen LogP contribution in [0.5, 0.6) is 0 Å². The molecule has 0 aliphatic heterocycles. The molecular formula is C9H12F3N3O. The first-order valence-electron chi connectivity index (χ1n) is 4.62. The standard InChI is InChI=1S/C9H12F3N3O/c1-16-3-2-7-4-8(15-6-14-7)13-5-9(10,11)12/h4,6H,2-3,5H2,1H3,(H,13,14,15). The van der Waals surface area contributed by atoms with Crippen molar-refractivity contribution in [3.63, 3.8) is 0 Å². The molecule has 0 atom stereocenters. The van der Waals surface area contributed by atoms with Gasteiger partial charge in [0.2, 0.25) is 0 Å². The molecule has 0 radical (unpaired) electrons. The molecule has 16 heavy (non-hydrogen) atoms. The third-order valence-electron chi connectivity index (χ3n) is 1.76. The minimum atomic E-state index is -4.25. The molecule has 0 aromatic carbocycles. The zero-order valence-electron chi connectivity index (χ0n) is 8.71. The van der Waals surface area contributed by atoms with Crippen molar-refractivity contribution in [2.75, 3.05) is 25.6 Å². The lowest BCUT2D eigenvalue weighted by atomic mass is 10.3. The molecule has 0 saturated heterocycles. The van der Waals surface area contributed by atoms with Gasteiger partial charge < -0.3 is 10.1 Å². The number of aromatic nitrogens is 2. The first-order valence-corrected chi connectivity index (χ1v) is 4.62. The summed E-state index contributed by atoms with van der Waals surface area (Å²) in [6.45, 7) is -0.635. The lowest BCUT2D eigenvalue weighted by molar-refractivity contribution is -0.115. The molecule has 0 unspecified atom stereocenters. The number of nitrogens with one attached hydrogen (secondary N) is 1. The molecule has 4 nitrogen and oxygen atoms in total. The molecule has 0 saturated carbocycles. The molecule has 1 heterocycles. The van der Waals surface area contributed by atoms with Crippen LogP contribution in [0.4, 0.5) is 19.0 Å². The van der Waals surface area contributed by atoms with Gasteiger partial charge in [-0.1, -0.05) is 0 Å². The third-order valence-corrected chi connectivity index (χ3v) is 1.76. The predicted octanol–water partition coefficient (Wildman–Crippen LogP) is 1.64. The molecule has 1 aromatic rings. The van der Waals surface area contributed by atoms with Crippen LogP contribution in [0.3, 0.4) is 0 Å². The molecule has 1 rings (SSSR count). The summed E-state index contributed by atoms with van der Waals surface area (Å²) in [6.07, 6.45) is -2.49. The summed E-state index contributed by atoms with van der Waals surface area (Å²) in [5, 5.41) is 2.18. The maximum absolute atomic E-state index is 11.9. The van der Waals surface area contributed by atoms with Crippen LogP contribution >= 0.6 is 0 Å².